The van der Waals surface area contributed by atoms with E-state index < -0.39 is 11.2 Å². The Labute approximate surface area is 136 Å². The molecule has 23 heavy (non-hydrogen) atoms. The van der Waals surface area contributed by atoms with Crippen LogP contribution in [0, 0.1) is 16.7 Å². The summed E-state index contributed by atoms with van der Waals surface area (Å²) in [7, 11) is 0. The van der Waals surface area contributed by atoms with Gasteiger partial charge in [0.25, 0.3) is 0 Å². The Morgan fingerprint density at radius 2 is 1.87 bits per heavy atom. The fourth-order valence-electron chi connectivity index (χ4n) is 5.43. The summed E-state index contributed by atoms with van der Waals surface area (Å²) >= 11 is 0. The van der Waals surface area contributed by atoms with Crippen molar-refractivity contribution in [3.63, 3.8) is 0 Å². The van der Waals surface area contributed by atoms with E-state index in [9.17, 15) is 9.59 Å². The molecular formula is C19H24O4. The molecule has 4 nitrogen and oxygen atoms in total. The highest BCUT2D eigenvalue weighted by Crippen LogP contribution is 2.66. The maximum atomic E-state index is 12.8. The van der Waals surface area contributed by atoms with Crippen molar-refractivity contribution in [2.24, 2.45) is 16.7 Å². The number of esters is 2. The first kappa shape index (κ1) is 15.0. The third kappa shape index (κ3) is 1.57. The highest BCUT2D eigenvalue weighted by Gasteiger charge is 2.79. The summed E-state index contributed by atoms with van der Waals surface area (Å²) in [5, 5.41) is 0. The summed E-state index contributed by atoms with van der Waals surface area (Å²) in [5.41, 5.74) is -1.61. The lowest BCUT2D eigenvalue weighted by Crippen LogP contribution is -2.58. The summed E-state index contributed by atoms with van der Waals surface area (Å²) in [4.78, 5) is 25.4. The summed E-state index contributed by atoms with van der Waals surface area (Å²) in [6, 6.07) is 0. The smallest absolute Gasteiger partial charge is 0.338 e. The van der Waals surface area contributed by atoms with Gasteiger partial charge in [-0.25, -0.2) is 4.79 Å². The van der Waals surface area contributed by atoms with E-state index in [1.54, 1.807) is 0 Å². The highest BCUT2D eigenvalue weighted by molar-refractivity contribution is 5.99. The molecule has 2 aliphatic heterocycles. The molecule has 2 aliphatic carbocycles. The first-order chi connectivity index (χ1) is 10.7. The minimum atomic E-state index is -0.883. The topological polar surface area (TPSA) is 52.6 Å². The van der Waals surface area contributed by atoms with Crippen molar-refractivity contribution in [3.05, 3.63) is 24.3 Å². The number of allylic oxidation sites excluding steroid dienone is 2. The van der Waals surface area contributed by atoms with Gasteiger partial charge in [0.1, 0.15) is 5.92 Å². The Hall–Kier alpha value is -1.58. The van der Waals surface area contributed by atoms with Crippen LogP contribution in [-0.2, 0) is 19.1 Å². The third-order valence-electron chi connectivity index (χ3n) is 6.70. The van der Waals surface area contributed by atoms with Crippen molar-refractivity contribution < 1.29 is 19.1 Å². The number of ether oxygens (including phenoxy) is 2. The van der Waals surface area contributed by atoms with Gasteiger partial charge in [-0.15, -0.1) is 6.58 Å². The van der Waals surface area contributed by atoms with E-state index >= 15 is 0 Å². The Morgan fingerprint density at radius 1 is 1.13 bits per heavy atom. The lowest BCUT2D eigenvalue weighted by atomic mass is 9.55. The van der Waals surface area contributed by atoms with Crippen LogP contribution in [0.15, 0.2) is 24.3 Å². The van der Waals surface area contributed by atoms with E-state index in [4.69, 9.17) is 9.47 Å². The molecule has 0 aromatic rings. The van der Waals surface area contributed by atoms with Gasteiger partial charge >= 0.3 is 11.9 Å². The molecular weight excluding hydrogens is 292 g/mol. The second-order valence-corrected chi connectivity index (χ2v) is 8.57. The zero-order valence-electron chi connectivity index (χ0n) is 14.1. The van der Waals surface area contributed by atoms with Crippen molar-refractivity contribution in [2.75, 3.05) is 0 Å². The molecule has 0 unspecified atom stereocenters. The van der Waals surface area contributed by atoms with Gasteiger partial charge < -0.3 is 9.47 Å². The molecule has 0 radical (unpaired) electrons. The minimum absolute atomic E-state index is 0.199. The highest BCUT2D eigenvalue weighted by atomic mass is 16.6. The Balaban J connectivity index is 1.92. The standard InChI is InChI=1S/C19H24O4/c1-5-17(4)9-10-18-12(11-17)14(20)22-19(18)8-6-7-16(2,3)13(19)15(21)23-18/h5,11,13H,1,6-10H2,2-4H3/t13-,17-,18-,19-/m0/s1. The second-order valence-electron chi connectivity index (χ2n) is 8.57. The number of carbonyl (C=O) groups is 2. The molecule has 3 fully saturated rings. The minimum Gasteiger partial charge on any atom is -0.450 e. The van der Waals surface area contributed by atoms with Crippen LogP contribution in [0.3, 0.4) is 0 Å². The summed E-state index contributed by atoms with van der Waals surface area (Å²) in [6.07, 6.45) is 7.83. The first-order valence-electron chi connectivity index (χ1n) is 8.53. The van der Waals surface area contributed by atoms with E-state index in [0.717, 1.165) is 19.3 Å². The predicted octanol–water partition coefficient (Wildman–Crippen LogP) is 3.32. The Morgan fingerprint density at radius 3 is 2.57 bits per heavy atom. The van der Waals surface area contributed by atoms with Crippen LogP contribution >= 0.6 is 0 Å². The van der Waals surface area contributed by atoms with Gasteiger partial charge in [0.15, 0.2) is 11.2 Å². The third-order valence-corrected chi connectivity index (χ3v) is 6.70. The number of hydrogen-bond donors (Lipinski definition) is 0. The van der Waals surface area contributed by atoms with Gasteiger partial charge in [-0.1, -0.05) is 32.9 Å². The van der Waals surface area contributed by atoms with Gasteiger partial charge in [0.2, 0.25) is 0 Å². The fraction of sp³-hybridized carbons (Fsp3) is 0.684. The predicted molar refractivity (Wildman–Crippen MR) is 84.4 cm³/mol. The van der Waals surface area contributed by atoms with Crippen LogP contribution in [0.25, 0.3) is 0 Å². The molecule has 4 atom stereocenters. The largest absolute Gasteiger partial charge is 0.450 e. The first-order valence-corrected chi connectivity index (χ1v) is 8.53. The zero-order chi connectivity index (χ0) is 16.7. The molecule has 0 amide bonds. The van der Waals surface area contributed by atoms with Crippen LogP contribution in [0.5, 0.6) is 0 Å². The molecule has 4 rings (SSSR count). The molecule has 0 bridgehead atoms. The van der Waals surface area contributed by atoms with E-state index in [1.807, 2.05) is 12.2 Å². The average molecular weight is 316 g/mol. The lowest BCUT2D eigenvalue weighted by molar-refractivity contribution is -0.167. The van der Waals surface area contributed by atoms with E-state index in [-0.39, 0.29) is 28.7 Å². The molecule has 2 saturated heterocycles. The summed E-state index contributed by atoms with van der Waals surface area (Å²) in [6.45, 7) is 10.1. The number of carbonyl (C=O) groups excluding carboxylic acids is 2. The maximum Gasteiger partial charge on any atom is 0.338 e. The fourth-order valence-corrected chi connectivity index (χ4v) is 5.43. The SMILES string of the molecule is C=C[C@]1(C)C=C2C(=O)O[C@@]34CCCC(C)(C)[C@@H]3C(=O)O[C@@]24CC1. The van der Waals surface area contributed by atoms with Crippen molar-refractivity contribution in [1.82, 2.24) is 0 Å². The van der Waals surface area contributed by atoms with Crippen molar-refractivity contribution >= 4 is 11.9 Å². The van der Waals surface area contributed by atoms with Crippen LogP contribution in [-0.4, -0.2) is 23.1 Å². The van der Waals surface area contributed by atoms with Crippen LogP contribution in [0.4, 0.5) is 0 Å². The molecule has 1 saturated carbocycles. The van der Waals surface area contributed by atoms with E-state index in [2.05, 4.69) is 27.4 Å². The maximum absolute atomic E-state index is 12.8. The molecule has 0 N–H and O–H groups in total. The quantitative estimate of drug-likeness (QED) is 0.550. The molecule has 0 aromatic carbocycles. The monoisotopic (exact) mass is 316 g/mol. The Kier molecular flexibility index (Phi) is 2.66. The Bertz CT molecular complexity index is 660. The van der Waals surface area contributed by atoms with Gasteiger partial charge in [0, 0.05) is 5.41 Å². The molecule has 4 heteroatoms. The van der Waals surface area contributed by atoms with Crippen LogP contribution in [0.2, 0.25) is 0 Å². The zero-order valence-corrected chi connectivity index (χ0v) is 14.1. The van der Waals surface area contributed by atoms with Gasteiger partial charge in [-0.05, 0) is 37.5 Å². The van der Waals surface area contributed by atoms with Crippen LogP contribution < -0.4 is 0 Å². The van der Waals surface area contributed by atoms with Crippen molar-refractivity contribution in [2.45, 2.75) is 64.1 Å². The van der Waals surface area contributed by atoms with Gasteiger partial charge in [-0.3, -0.25) is 4.79 Å². The second kappa shape index (κ2) is 4.08. The molecule has 124 valence electrons. The summed E-state index contributed by atoms with van der Waals surface area (Å²) in [5.74, 6) is -0.880. The summed E-state index contributed by atoms with van der Waals surface area (Å²) < 4.78 is 11.9. The number of rotatable bonds is 1. The number of hydrogen-bond acceptors (Lipinski definition) is 4. The molecule has 2 heterocycles. The molecule has 2 spiro atoms. The normalized spacial score (nSPS) is 46.9. The van der Waals surface area contributed by atoms with Crippen molar-refractivity contribution in [3.8, 4) is 0 Å². The molecule has 0 aromatic heterocycles. The lowest BCUT2D eigenvalue weighted by Gasteiger charge is -2.48. The van der Waals surface area contributed by atoms with E-state index in [0.29, 0.717) is 18.4 Å². The average Bonchev–Trinajstić information content (AvgIpc) is 2.83. The van der Waals surface area contributed by atoms with Crippen LogP contribution in [0.1, 0.15) is 52.9 Å². The van der Waals surface area contributed by atoms with Gasteiger partial charge in [-0.2, -0.15) is 0 Å². The van der Waals surface area contributed by atoms with Gasteiger partial charge in [0.05, 0.1) is 5.57 Å². The molecule has 4 aliphatic rings. The van der Waals surface area contributed by atoms with E-state index in [1.165, 1.54) is 0 Å². The van der Waals surface area contributed by atoms with Crippen molar-refractivity contribution in [1.29, 1.82) is 0 Å².